The Balaban J connectivity index is 2.23. The first-order valence-electron chi connectivity index (χ1n) is 8.99. The summed E-state index contributed by atoms with van der Waals surface area (Å²) in [4.78, 5) is 22.9. The standard InChI is InChI=1S/C23H26O4/c1-4-17-10-12-19(13-11-17)22(27-21(26)16-20(24)25)23(2,3)15-14-18-8-6-5-7-9-18/h4-13,22H,1,14-16H2,2-3H3,(H,24,25). The second-order valence-corrected chi connectivity index (χ2v) is 7.29. The SMILES string of the molecule is C=Cc1ccc(C(OC(=O)CC(=O)O)C(C)(C)CCc2ccccc2)cc1. The van der Waals surface area contributed by atoms with Crippen LogP contribution in [-0.4, -0.2) is 17.0 Å². The number of aryl methyl sites for hydroxylation is 1. The molecule has 2 aromatic carbocycles. The van der Waals surface area contributed by atoms with Crippen molar-refractivity contribution in [1.82, 2.24) is 0 Å². The van der Waals surface area contributed by atoms with Crippen LogP contribution in [0, 0.1) is 5.41 Å². The van der Waals surface area contributed by atoms with Crippen LogP contribution in [0.3, 0.4) is 0 Å². The fraction of sp³-hybridized carbons (Fsp3) is 0.304. The maximum absolute atomic E-state index is 12.1. The first-order valence-corrected chi connectivity index (χ1v) is 8.99. The highest BCUT2D eigenvalue weighted by atomic mass is 16.5. The summed E-state index contributed by atoms with van der Waals surface area (Å²) in [5.41, 5.74) is 2.65. The summed E-state index contributed by atoms with van der Waals surface area (Å²) >= 11 is 0. The summed E-state index contributed by atoms with van der Waals surface area (Å²) in [6, 6.07) is 17.7. The number of aliphatic carboxylic acids is 1. The summed E-state index contributed by atoms with van der Waals surface area (Å²) in [7, 11) is 0. The number of carboxylic acid groups (broad SMARTS) is 1. The van der Waals surface area contributed by atoms with Gasteiger partial charge >= 0.3 is 11.9 Å². The van der Waals surface area contributed by atoms with Crippen LogP contribution in [0.25, 0.3) is 6.08 Å². The van der Waals surface area contributed by atoms with Gasteiger partial charge in [-0.25, -0.2) is 0 Å². The molecule has 1 N–H and O–H groups in total. The Hall–Kier alpha value is -2.88. The predicted molar refractivity (Wildman–Crippen MR) is 106 cm³/mol. The van der Waals surface area contributed by atoms with E-state index < -0.39 is 24.5 Å². The second-order valence-electron chi connectivity index (χ2n) is 7.29. The van der Waals surface area contributed by atoms with Gasteiger partial charge in [-0.15, -0.1) is 0 Å². The third-order valence-corrected chi connectivity index (χ3v) is 4.63. The molecule has 0 amide bonds. The van der Waals surface area contributed by atoms with Gasteiger partial charge in [0.15, 0.2) is 0 Å². The number of carbonyl (C=O) groups excluding carboxylic acids is 1. The smallest absolute Gasteiger partial charge is 0.317 e. The molecule has 142 valence electrons. The Morgan fingerprint density at radius 3 is 2.30 bits per heavy atom. The highest BCUT2D eigenvalue weighted by Crippen LogP contribution is 2.40. The second kappa shape index (κ2) is 9.17. The zero-order chi connectivity index (χ0) is 19.9. The number of carboxylic acids is 1. The van der Waals surface area contributed by atoms with Crippen molar-refractivity contribution in [3.05, 3.63) is 77.9 Å². The maximum Gasteiger partial charge on any atom is 0.317 e. The van der Waals surface area contributed by atoms with Gasteiger partial charge in [-0.1, -0.05) is 81.1 Å². The molecule has 0 radical (unpaired) electrons. The third-order valence-electron chi connectivity index (χ3n) is 4.63. The molecule has 4 heteroatoms. The van der Waals surface area contributed by atoms with Crippen molar-refractivity contribution in [2.75, 3.05) is 0 Å². The molecule has 0 spiro atoms. The Kier molecular flexibility index (Phi) is 6.94. The van der Waals surface area contributed by atoms with E-state index >= 15 is 0 Å². The lowest BCUT2D eigenvalue weighted by molar-refractivity contribution is -0.161. The lowest BCUT2D eigenvalue weighted by atomic mass is 9.77. The maximum atomic E-state index is 12.1. The molecule has 0 aliphatic carbocycles. The van der Waals surface area contributed by atoms with E-state index in [1.165, 1.54) is 5.56 Å². The van der Waals surface area contributed by atoms with Crippen LogP contribution < -0.4 is 0 Å². The van der Waals surface area contributed by atoms with Gasteiger partial charge in [-0.3, -0.25) is 9.59 Å². The number of hydrogen-bond acceptors (Lipinski definition) is 3. The number of benzene rings is 2. The van der Waals surface area contributed by atoms with Crippen molar-refractivity contribution in [3.8, 4) is 0 Å². The molecular formula is C23H26O4. The van der Waals surface area contributed by atoms with Gasteiger partial charge in [0.1, 0.15) is 12.5 Å². The van der Waals surface area contributed by atoms with Crippen LogP contribution in [0.4, 0.5) is 0 Å². The molecule has 2 rings (SSSR count). The topological polar surface area (TPSA) is 63.6 Å². The molecule has 0 aromatic heterocycles. The van der Waals surface area contributed by atoms with Crippen molar-refractivity contribution in [2.24, 2.45) is 5.41 Å². The van der Waals surface area contributed by atoms with Gasteiger partial charge in [-0.2, -0.15) is 0 Å². The van der Waals surface area contributed by atoms with E-state index in [-0.39, 0.29) is 5.41 Å². The van der Waals surface area contributed by atoms with E-state index in [9.17, 15) is 9.59 Å². The first-order chi connectivity index (χ1) is 12.8. The zero-order valence-electron chi connectivity index (χ0n) is 15.9. The Labute approximate surface area is 160 Å². The van der Waals surface area contributed by atoms with Crippen LogP contribution in [0.5, 0.6) is 0 Å². The summed E-state index contributed by atoms with van der Waals surface area (Å²) in [5, 5.41) is 8.88. The van der Waals surface area contributed by atoms with Gasteiger partial charge < -0.3 is 9.84 Å². The molecular weight excluding hydrogens is 340 g/mol. The molecule has 1 atom stereocenters. The summed E-state index contributed by atoms with van der Waals surface area (Å²) < 4.78 is 5.63. The van der Waals surface area contributed by atoms with Crippen LogP contribution in [0.15, 0.2) is 61.2 Å². The minimum absolute atomic E-state index is 0.375. The van der Waals surface area contributed by atoms with Gasteiger partial charge in [0.2, 0.25) is 0 Å². The van der Waals surface area contributed by atoms with Gasteiger partial charge in [0.05, 0.1) is 0 Å². The summed E-state index contributed by atoms with van der Waals surface area (Å²) in [6.07, 6.45) is 2.19. The molecule has 1 unspecified atom stereocenters. The van der Waals surface area contributed by atoms with Crippen molar-refractivity contribution in [1.29, 1.82) is 0 Å². The fourth-order valence-corrected chi connectivity index (χ4v) is 3.02. The van der Waals surface area contributed by atoms with Gasteiger partial charge in [-0.05, 0) is 29.5 Å². The van der Waals surface area contributed by atoms with Crippen molar-refractivity contribution in [2.45, 2.75) is 39.2 Å². The number of ether oxygens (including phenoxy) is 1. The molecule has 2 aromatic rings. The molecule has 0 aliphatic heterocycles. The molecule has 0 saturated carbocycles. The zero-order valence-corrected chi connectivity index (χ0v) is 15.9. The van der Waals surface area contributed by atoms with E-state index in [1.54, 1.807) is 6.08 Å². The number of carbonyl (C=O) groups is 2. The Morgan fingerprint density at radius 1 is 1.11 bits per heavy atom. The van der Waals surface area contributed by atoms with Gasteiger partial charge in [0.25, 0.3) is 0 Å². The normalized spacial score (nSPS) is 12.2. The van der Waals surface area contributed by atoms with Crippen molar-refractivity contribution in [3.63, 3.8) is 0 Å². The highest BCUT2D eigenvalue weighted by molar-refractivity contribution is 5.90. The number of esters is 1. The molecule has 0 aliphatic rings. The van der Waals surface area contributed by atoms with E-state index in [4.69, 9.17) is 9.84 Å². The molecule has 0 fully saturated rings. The predicted octanol–water partition coefficient (Wildman–Crippen LogP) is 5.05. The van der Waals surface area contributed by atoms with E-state index in [1.807, 2.05) is 56.3 Å². The van der Waals surface area contributed by atoms with Crippen LogP contribution in [-0.2, 0) is 20.7 Å². The van der Waals surface area contributed by atoms with Crippen LogP contribution in [0.2, 0.25) is 0 Å². The minimum atomic E-state index is -1.19. The molecule has 4 nitrogen and oxygen atoms in total. The Morgan fingerprint density at radius 2 is 1.74 bits per heavy atom. The average Bonchev–Trinajstić information content (AvgIpc) is 2.65. The number of rotatable bonds is 9. The highest BCUT2D eigenvalue weighted by Gasteiger charge is 2.34. The quantitative estimate of drug-likeness (QED) is 0.498. The lowest BCUT2D eigenvalue weighted by Crippen LogP contribution is -2.28. The van der Waals surface area contributed by atoms with Crippen molar-refractivity contribution < 1.29 is 19.4 Å². The number of hydrogen-bond donors (Lipinski definition) is 1. The lowest BCUT2D eigenvalue weighted by Gasteiger charge is -2.34. The molecule has 0 saturated heterocycles. The average molecular weight is 366 g/mol. The largest absolute Gasteiger partial charge is 0.481 e. The van der Waals surface area contributed by atoms with Crippen LogP contribution >= 0.6 is 0 Å². The molecule has 0 heterocycles. The van der Waals surface area contributed by atoms with E-state index in [0.717, 1.165) is 24.0 Å². The minimum Gasteiger partial charge on any atom is -0.481 e. The van der Waals surface area contributed by atoms with Crippen molar-refractivity contribution >= 4 is 18.0 Å². The fourth-order valence-electron chi connectivity index (χ4n) is 3.02. The first kappa shape index (κ1) is 20.4. The molecule has 27 heavy (non-hydrogen) atoms. The van der Waals surface area contributed by atoms with Crippen LogP contribution in [0.1, 0.15) is 49.5 Å². The molecule has 0 bridgehead atoms. The summed E-state index contributed by atoms with van der Waals surface area (Å²) in [6.45, 7) is 7.82. The Bertz CT molecular complexity index is 776. The van der Waals surface area contributed by atoms with Gasteiger partial charge in [0, 0.05) is 5.41 Å². The summed E-state index contributed by atoms with van der Waals surface area (Å²) in [5.74, 6) is -1.92. The van der Waals surface area contributed by atoms with E-state index in [0.29, 0.717) is 0 Å². The monoisotopic (exact) mass is 366 g/mol. The third kappa shape index (κ3) is 6.10. The van der Waals surface area contributed by atoms with E-state index in [2.05, 4.69) is 18.7 Å².